The second-order valence-corrected chi connectivity index (χ2v) is 7.90. The van der Waals surface area contributed by atoms with E-state index in [4.69, 9.17) is 16.3 Å². The van der Waals surface area contributed by atoms with E-state index < -0.39 is 0 Å². The van der Waals surface area contributed by atoms with Crippen molar-refractivity contribution in [1.82, 2.24) is 15.5 Å². The number of halogens is 1. The molecule has 28 heavy (non-hydrogen) atoms. The van der Waals surface area contributed by atoms with E-state index in [1.54, 1.807) is 30.2 Å². The molecule has 1 heterocycles. The summed E-state index contributed by atoms with van der Waals surface area (Å²) in [6.45, 7) is 1.20. The zero-order chi connectivity index (χ0) is 19.9. The number of amides is 4. The van der Waals surface area contributed by atoms with Crippen LogP contribution in [0.25, 0.3) is 0 Å². The van der Waals surface area contributed by atoms with Crippen molar-refractivity contribution in [2.75, 3.05) is 25.5 Å². The van der Waals surface area contributed by atoms with Gasteiger partial charge in [-0.25, -0.2) is 9.59 Å². The first kappa shape index (κ1) is 20.6. The quantitative estimate of drug-likeness (QED) is 0.704. The van der Waals surface area contributed by atoms with Gasteiger partial charge in [-0.1, -0.05) is 30.9 Å². The number of methoxy groups -OCH3 is 1. The number of likely N-dealkylation sites (tertiary alicyclic amines) is 1. The van der Waals surface area contributed by atoms with Crippen molar-refractivity contribution < 1.29 is 14.3 Å². The molecule has 0 unspecified atom stereocenters. The molecule has 1 aromatic carbocycles. The van der Waals surface area contributed by atoms with Gasteiger partial charge < -0.3 is 25.6 Å². The number of carbonyl (C=O) groups excluding carboxylic acids is 2. The Morgan fingerprint density at radius 2 is 1.68 bits per heavy atom. The van der Waals surface area contributed by atoms with E-state index in [1.807, 2.05) is 0 Å². The Morgan fingerprint density at radius 3 is 2.29 bits per heavy atom. The first-order chi connectivity index (χ1) is 13.5. The topological polar surface area (TPSA) is 82.7 Å². The van der Waals surface area contributed by atoms with E-state index in [9.17, 15) is 9.59 Å². The predicted octanol–water partition coefficient (Wildman–Crippen LogP) is 3.98. The van der Waals surface area contributed by atoms with Gasteiger partial charge >= 0.3 is 12.1 Å². The number of hydrogen-bond acceptors (Lipinski definition) is 3. The number of rotatable bonds is 4. The van der Waals surface area contributed by atoms with Crippen molar-refractivity contribution in [2.24, 2.45) is 0 Å². The second kappa shape index (κ2) is 9.87. The fourth-order valence-corrected chi connectivity index (χ4v) is 4.09. The highest BCUT2D eigenvalue weighted by atomic mass is 35.5. The highest BCUT2D eigenvalue weighted by Gasteiger charge is 2.25. The van der Waals surface area contributed by atoms with Crippen LogP contribution in [0.3, 0.4) is 0 Å². The van der Waals surface area contributed by atoms with Crippen LogP contribution in [-0.4, -0.2) is 49.2 Å². The summed E-state index contributed by atoms with van der Waals surface area (Å²) in [4.78, 5) is 26.4. The van der Waals surface area contributed by atoms with E-state index in [2.05, 4.69) is 16.0 Å². The van der Waals surface area contributed by atoms with Gasteiger partial charge in [0.25, 0.3) is 0 Å². The lowest BCUT2D eigenvalue weighted by atomic mass is 9.96. The van der Waals surface area contributed by atoms with Crippen molar-refractivity contribution in [3.63, 3.8) is 0 Å². The first-order valence-electron chi connectivity index (χ1n) is 10.0. The Bertz CT molecular complexity index is 686. The van der Waals surface area contributed by atoms with Crippen LogP contribution in [0, 0.1) is 0 Å². The summed E-state index contributed by atoms with van der Waals surface area (Å²) in [6.07, 6.45) is 7.28. The van der Waals surface area contributed by atoms with Gasteiger partial charge in [-0.3, -0.25) is 0 Å². The molecule has 3 N–H and O–H groups in total. The average molecular weight is 409 g/mol. The molecule has 7 nitrogen and oxygen atoms in total. The highest BCUT2D eigenvalue weighted by Crippen LogP contribution is 2.27. The molecule has 0 atom stereocenters. The molecule has 1 aliphatic heterocycles. The minimum absolute atomic E-state index is 0.0809. The van der Waals surface area contributed by atoms with Crippen molar-refractivity contribution >= 4 is 29.4 Å². The normalized spacial score (nSPS) is 18.4. The second-order valence-electron chi connectivity index (χ2n) is 7.49. The molecule has 1 saturated heterocycles. The number of benzene rings is 1. The van der Waals surface area contributed by atoms with Gasteiger partial charge in [0.1, 0.15) is 5.75 Å². The van der Waals surface area contributed by atoms with Gasteiger partial charge in [0.15, 0.2) is 0 Å². The number of hydrogen-bond donors (Lipinski definition) is 3. The van der Waals surface area contributed by atoms with E-state index >= 15 is 0 Å². The molecule has 0 aromatic heterocycles. The molecular formula is C20H29ClN4O3. The van der Waals surface area contributed by atoms with Crippen LogP contribution in [0.4, 0.5) is 15.3 Å². The summed E-state index contributed by atoms with van der Waals surface area (Å²) in [5, 5.41) is 9.45. The van der Waals surface area contributed by atoms with Gasteiger partial charge in [-0.2, -0.15) is 0 Å². The lowest BCUT2D eigenvalue weighted by Crippen LogP contribution is -2.51. The summed E-state index contributed by atoms with van der Waals surface area (Å²) in [6, 6.07) is 5.31. The molecule has 1 saturated carbocycles. The summed E-state index contributed by atoms with van der Waals surface area (Å²) in [5.41, 5.74) is 0.628. The summed E-state index contributed by atoms with van der Waals surface area (Å²) in [7, 11) is 1.55. The number of ether oxygens (including phenoxy) is 1. The summed E-state index contributed by atoms with van der Waals surface area (Å²) in [5.74, 6) is 0.568. The van der Waals surface area contributed by atoms with Crippen molar-refractivity contribution in [3.05, 3.63) is 23.2 Å². The monoisotopic (exact) mass is 408 g/mol. The van der Waals surface area contributed by atoms with Crippen LogP contribution >= 0.6 is 11.6 Å². The zero-order valence-corrected chi connectivity index (χ0v) is 17.1. The maximum atomic E-state index is 12.5. The van der Waals surface area contributed by atoms with Crippen LogP contribution in [-0.2, 0) is 0 Å². The predicted molar refractivity (Wildman–Crippen MR) is 110 cm³/mol. The first-order valence-corrected chi connectivity index (χ1v) is 10.4. The fraction of sp³-hybridized carbons (Fsp3) is 0.600. The lowest BCUT2D eigenvalue weighted by molar-refractivity contribution is 0.186. The number of piperidine rings is 1. The van der Waals surface area contributed by atoms with Crippen LogP contribution in [0.1, 0.15) is 44.9 Å². The Hall–Kier alpha value is -2.15. The van der Waals surface area contributed by atoms with E-state index in [1.165, 1.54) is 19.3 Å². The molecule has 154 valence electrons. The van der Waals surface area contributed by atoms with E-state index in [0.29, 0.717) is 35.6 Å². The molecule has 2 aliphatic rings. The Kier molecular flexibility index (Phi) is 7.25. The zero-order valence-electron chi connectivity index (χ0n) is 16.3. The third-order valence-corrected chi connectivity index (χ3v) is 5.76. The molecule has 0 bridgehead atoms. The van der Waals surface area contributed by atoms with Crippen LogP contribution in [0.5, 0.6) is 5.75 Å². The largest absolute Gasteiger partial charge is 0.495 e. The maximum Gasteiger partial charge on any atom is 0.321 e. The van der Waals surface area contributed by atoms with Gasteiger partial charge in [0, 0.05) is 30.9 Å². The van der Waals surface area contributed by atoms with Crippen molar-refractivity contribution in [1.29, 1.82) is 0 Å². The minimum atomic E-state index is -0.161. The molecule has 1 aromatic rings. The Balaban J connectivity index is 1.41. The smallest absolute Gasteiger partial charge is 0.321 e. The number of urea groups is 2. The lowest BCUT2D eigenvalue weighted by Gasteiger charge is -2.33. The molecule has 0 spiro atoms. The Labute approximate surface area is 171 Å². The Morgan fingerprint density at radius 1 is 1.04 bits per heavy atom. The SMILES string of the molecule is COc1ccc(NC(=O)N2CCC(NC(=O)NC3CCCCC3)CC2)cc1Cl. The fourth-order valence-electron chi connectivity index (χ4n) is 3.83. The number of nitrogens with zero attached hydrogens (tertiary/aromatic N) is 1. The molecule has 8 heteroatoms. The third-order valence-electron chi connectivity index (χ3n) is 5.46. The standard InChI is InChI=1S/C20H29ClN4O3/c1-28-18-8-7-16(13-17(18)21)24-20(27)25-11-9-15(10-12-25)23-19(26)22-14-5-3-2-4-6-14/h7-8,13-15H,2-6,9-12H2,1H3,(H,24,27)(H2,22,23,26). The van der Waals surface area contributed by atoms with Gasteiger partial charge in [0.2, 0.25) is 0 Å². The molecule has 0 radical (unpaired) electrons. The third kappa shape index (κ3) is 5.67. The molecule has 2 fully saturated rings. The number of anilines is 1. The van der Waals surface area contributed by atoms with Crippen LogP contribution in [0.15, 0.2) is 18.2 Å². The summed E-state index contributed by atoms with van der Waals surface area (Å²) >= 11 is 6.10. The van der Waals surface area contributed by atoms with Gasteiger partial charge in [0.05, 0.1) is 12.1 Å². The molecule has 1 aliphatic carbocycles. The van der Waals surface area contributed by atoms with Crippen molar-refractivity contribution in [3.8, 4) is 5.75 Å². The average Bonchev–Trinajstić information content (AvgIpc) is 2.69. The van der Waals surface area contributed by atoms with Crippen molar-refractivity contribution in [2.45, 2.75) is 57.0 Å². The van der Waals surface area contributed by atoms with E-state index in [-0.39, 0.29) is 18.1 Å². The summed E-state index contributed by atoms with van der Waals surface area (Å²) < 4.78 is 5.12. The van der Waals surface area contributed by atoms with Gasteiger partial charge in [-0.15, -0.1) is 0 Å². The molecule has 3 rings (SSSR count). The molecule has 4 amide bonds. The van der Waals surface area contributed by atoms with Crippen LogP contribution < -0.4 is 20.7 Å². The van der Waals surface area contributed by atoms with Crippen LogP contribution in [0.2, 0.25) is 5.02 Å². The number of carbonyl (C=O) groups is 2. The number of nitrogens with one attached hydrogen (secondary N) is 3. The highest BCUT2D eigenvalue weighted by molar-refractivity contribution is 6.32. The minimum Gasteiger partial charge on any atom is -0.495 e. The van der Waals surface area contributed by atoms with E-state index in [0.717, 1.165) is 25.7 Å². The van der Waals surface area contributed by atoms with Gasteiger partial charge in [-0.05, 0) is 43.9 Å². The molecular weight excluding hydrogens is 380 g/mol. The maximum absolute atomic E-state index is 12.5.